The quantitative estimate of drug-likeness (QED) is 0.356. The molecule has 0 aromatic carbocycles. The van der Waals surface area contributed by atoms with Gasteiger partial charge in [-0.05, 0) is 19.8 Å². The van der Waals surface area contributed by atoms with E-state index in [1.807, 2.05) is 0 Å². The second kappa shape index (κ2) is 11.7. The zero-order chi connectivity index (χ0) is 11.4. The second-order valence-corrected chi connectivity index (χ2v) is 4.49. The maximum atomic E-state index is 4.56. The number of nitrogens with zero attached hydrogens (tertiary/aromatic N) is 1. The normalized spacial score (nSPS) is 12.1. The Hall–Kier alpha value is -0.330. The molecule has 1 nitrogen and oxygen atoms in total. The molecule has 0 heterocycles. The van der Waals surface area contributed by atoms with E-state index in [-0.39, 0.29) is 0 Å². The Morgan fingerprint density at radius 2 is 1.40 bits per heavy atom. The molecule has 0 saturated heterocycles. The van der Waals surface area contributed by atoms with Gasteiger partial charge < -0.3 is 0 Å². The molecule has 0 amide bonds. The lowest BCUT2D eigenvalue weighted by Gasteiger charge is -2.00. The van der Waals surface area contributed by atoms with Crippen LogP contribution in [-0.2, 0) is 0 Å². The Morgan fingerprint density at radius 3 is 2.00 bits per heavy atom. The van der Waals surface area contributed by atoms with Crippen molar-refractivity contribution in [2.75, 3.05) is 6.54 Å². The molecular weight excluding hydrogens is 182 g/mol. The summed E-state index contributed by atoms with van der Waals surface area (Å²) in [5, 5.41) is 0. The fourth-order valence-electron chi connectivity index (χ4n) is 1.78. The van der Waals surface area contributed by atoms with Crippen LogP contribution in [-0.4, -0.2) is 12.3 Å². The molecule has 0 saturated carbocycles. The topological polar surface area (TPSA) is 12.4 Å². The van der Waals surface area contributed by atoms with Crippen LogP contribution >= 0.6 is 0 Å². The summed E-state index contributed by atoms with van der Waals surface area (Å²) in [4.78, 5) is 4.56. The smallest absolute Gasteiger partial charge is 0.0388 e. The van der Waals surface area contributed by atoms with Gasteiger partial charge in [-0.25, -0.2) is 0 Å². The van der Waals surface area contributed by atoms with E-state index in [1.165, 1.54) is 63.5 Å². The van der Waals surface area contributed by atoms with Gasteiger partial charge in [0, 0.05) is 12.3 Å². The number of unbranched alkanes of at least 4 members (excludes halogenated alkanes) is 6. The zero-order valence-electron chi connectivity index (χ0n) is 11.0. The predicted octanol–water partition coefficient (Wildman–Crippen LogP) is 5.00. The molecule has 0 unspecified atom stereocenters. The van der Waals surface area contributed by atoms with Gasteiger partial charge >= 0.3 is 0 Å². The van der Waals surface area contributed by atoms with Gasteiger partial charge in [0.2, 0.25) is 0 Å². The minimum absolute atomic E-state index is 1.06. The summed E-state index contributed by atoms with van der Waals surface area (Å²) in [7, 11) is 0. The first-order valence-corrected chi connectivity index (χ1v) is 6.81. The van der Waals surface area contributed by atoms with Crippen molar-refractivity contribution in [3.8, 4) is 0 Å². The molecule has 1 heteroatoms. The van der Waals surface area contributed by atoms with Crippen molar-refractivity contribution in [2.24, 2.45) is 4.99 Å². The summed E-state index contributed by atoms with van der Waals surface area (Å²) >= 11 is 0. The first-order chi connectivity index (χ1) is 7.31. The average Bonchev–Trinajstić information content (AvgIpc) is 2.22. The van der Waals surface area contributed by atoms with Crippen molar-refractivity contribution in [2.45, 2.75) is 78.6 Å². The SMILES string of the molecule is CCCCCCCCC/N=C(/C)CCC. The van der Waals surface area contributed by atoms with E-state index in [1.54, 1.807) is 0 Å². The van der Waals surface area contributed by atoms with E-state index < -0.39 is 0 Å². The summed E-state index contributed by atoms with van der Waals surface area (Å²) in [6.07, 6.45) is 12.1. The molecule has 0 aliphatic carbocycles. The molecule has 0 fully saturated rings. The average molecular weight is 211 g/mol. The summed E-state index contributed by atoms with van der Waals surface area (Å²) < 4.78 is 0. The minimum Gasteiger partial charge on any atom is -0.294 e. The summed E-state index contributed by atoms with van der Waals surface area (Å²) in [6.45, 7) is 7.70. The molecule has 0 rings (SSSR count). The van der Waals surface area contributed by atoms with Gasteiger partial charge in [-0.1, -0.05) is 58.8 Å². The van der Waals surface area contributed by atoms with Gasteiger partial charge in [0.1, 0.15) is 0 Å². The molecule has 0 atom stereocenters. The van der Waals surface area contributed by atoms with E-state index in [0.29, 0.717) is 0 Å². The van der Waals surface area contributed by atoms with Crippen LogP contribution in [0.25, 0.3) is 0 Å². The van der Waals surface area contributed by atoms with Gasteiger partial charge in [-0.2, -0.15) is 0 Å². The Bertz CT molecular complexity index is 149. The highest BCUT2D eigenvalue weighted by atomic mass is 14.7. The van der Waals surface area contributed by atoms with Crippen LogP contribution in [0.3, 0.4) is 0 Å². The molecule has 0 aromatic heterocycles. The van der Waals surface area contributed by atoms with Gasteiger partial charge in [0.25, 0.3) is 0 Å². The fraction of sp³-hybridized carbons (Fsp3) is 0.929. The second-order valence-electron chi connectivity index (χ2n) is 4.49. The lowest BCUT2D eigenvalue weighted by Crippen LogP contribution is -1.92. The van der Waals surface area contributed by atoms with E-state index in [0.717, 1.165) is 6.54 Å². The van der Waals surface area contributed by atoms with Gasteiger partial charge in [-0.15, -0.1) is 0 Å². The van der Waals surface area contributed by atoms with Crippen molar-refractivity contribution < 1.29 is 0 Å². The molecule has 90 valence electrons. The van der Waals surface area contributed by atoms with Crippen LogP contribution in [0.2, 0.25) is 0 Å². The van der Waals surface area contributed by atoms with Crippen LogP contribution in [0.1, 0.15) is 78.6 Å². The Kier molecular flexibility index (Phi) is 11.5. The highest BCUT2D eigenvalue weighted by molar-refractivity contribution is 5.81. The first kappa shape index (κ1) is 14.7. The van der Waals surface area contributed by atoms with E-state index in [4.69, 9.17) is 0 Å². The molecular formula is C14H29N. The first-order valence-electron chi connectivity index (χ1n) is 6.81. The van der Waals surface area contributed by atoms with Crippen LogP contribution in [0.5, 0.6) is 0 Å². The lowest BCUT2D eigenvalue weighted by molar-refractivity contribution is 0.593. The maximum absolute atomic E-state index is 4.56. The van der Waals surface area contributed by atoms with E-state index in [2.05, 4.69) is 25.8 Å². The number of hydrogen-bond acceptors (Lipinski definition) is 1. The van der Waals surface area contributed by atoms with Gasteiger partial charge in [0.15, 0.2) is 0 Å². The monoisotopic (exact) mass is 211 g/mol. The third-order valence-corrected chi connectivity index (χ3v) is 2.76. The highest BCUT2D eigenvalue weighted by Gasteiger charge is 1.91. The number of rotatable bonds is 10. The van der Waals surface area contributed by atoms with Crippen LogP contribution in [0.4, 0.5) is 0 Å². The largest absolute Gasteiger partial charge is 0.294 e. The summed E-state index contributed by atoms with van der Waals surface area (Å²) in [5.41, 5.74) is 1.34. The van der Waals surface area contributed by atoms with Crippen LogP contribution < -0.4 is 0 Å². The van der Waals surface area contributed by atoms with Crippen molar-refractivity contribution in [3.05, 3.63) is 0 Å². The fourth-order valence-corrected chi connectivity index (χ4v) is 1.78. The molecule has 0 radical (unpaired) electrons. The lowest BCUT2D eigenvalue weighted by atomic mass is 10.1. The predicted molar refractivity (Wildman–Crippen MR) is 70.9 cm³/mol. The molecule has 0 aromatic rings. The summed E-state index contributed by atoms with van der Waals surface area (Å²) in [6, 6.07) is 0. The van der Waals surface area contributed by atoms with Crippen molar-refractivity contribution >= 4 is 5.71 Å². The molecule has 0 aliphatic rings. The van der Waals surface area contributed by atoms with Gasteiger partial charge in [-0.3, -0.25) is 4.99 Å². The Labute approximate surface area is 96.4 Å². The molecule has 0 N–H and O–H groups in total. The number of hydrogen-bond donors (Lipinski definition) is 0. The minimum atomic E-state index is 1.06. The third kappa shape index (κ3) is 11.6. The highest BCUT2D eigenvalue weighted by Crippen LogP contribution is 2.06. The molecule has 0 aliphatic heterocycles. The maximum Gasteiger partial charge on any atom is 0.0388 e. The Balaban J connectivity index is 3.13. The standard InChI is InChI=1S/C14H29N/c1-4-6-7-8-9-10-11-13-15-14(3)12-5-2/h4-13H2,1-3H3/b15-14-. The van der Waals surface area contributed by atoms with E-state index in [9.17, 15) is 0 Å². The van der Waals surface area contributed by atoms with Gasteiger partial charge in [0.05, 0.1) is 0 Å². The summed E-state index contributed by atoms with van der Waals surface area (Å²) in [5.74, 6) is 0. The molecule has 0 bridgehead atoms. The van der Waals surface area contributed by atoms with Crippen LogP contribution in [0, 0.1) is 0 Å². The van der Waals surface area contributed by atoms with Crippen molar-refractivity contribution in [3.63, 3.8) is 0 Å². The van der Waals surface area contributed by atoms with Crippen LogP contribution in [0.15, 0.2) is 4.99 Å². The van der Waals surface area contributed by atoms with E-state index >= 15 is 0 Å². The van der Waals surface area contributed by atoms with Crippen molar-refractivity contribution in [1.82, 2.24) is 0 Å². The number of aliphatic imine (C=N–C) groups is 1. The zero-order valence-corrected chi connectivity index (χ0v) is 11.0. The Morgan fingerprint density at radius 1 is 0.800 bits per heavy atom. The molecule has 15 heavy (non-hydrogen) atoms. The van der Waals surface area contributed by atoms with Crippen molar-refractivity contribution in [1.29, 1.82) is 0 Å². The molecule has 0 spiro atoms. The third-order valence-electron chi connectivity index (χ3n) is 2.76.